The fourth-order valence-corrected chi connectivity index (χ4v) is 5.33. The van der Waals surface area contributed by atoms with Gasteiger partial charge < -0.3 is 5.32 Å². The summed E-state index contributed by atoms with van der Waals surface area (Å²) in [6, 6.07) is 1.50. The molecule has 0 amide bonds. The van der Waals surface area contributed by atoms with Crippen LogP contribution in [-0.2, 0) is 0 Å². The molecule has 5 unspecified atom stereocenters. The maximum Gasteiger partial charge on any atom is 0.0184 e. The van der Waals surface area contributed by atoms with E-state index in [4.69, 9.17) is 0 Å². The van der Waals surface area contributed by atoms with Crippen molar-refractivity contribution in [1.82, 2.24) is 10.2 Å². The minimum absolute atomic E-state index is 0.748. The molecular formula is C17H34N2S. The van der Waals surface area contributed by atoms with Gasteiger partial charge in [-0.2, -0.15) is 11.8 Å². The molecular weight excluding hydrogens is 264 g/mol. The first-order chi connectivity index (χ1) is 9.65. The number of nitrogens with one attached hydrogen (secondary N) is 1. The molecule has 0 bridgehead atoms. The van der Waals surface area contributed by atoms with Crippen molar-refractivity contribution >= 4 is 11.8 Å². The summed E-state index contributed by atoms with van der Waals surface area (Å²) in [5.74, 6) is 3.17. The summed E-state index contributed by atoms with van der Waals surface area (Å²) in [6.45, 7) is 9.78. The number of thioether (sulfide) groups is 1. The van der Waals surface area contributed by atoms with E-state index in [1.807, 2.05) is 0 Å². The van der Waals surface area contributed by atoms with Gasteiger partial charge in [0.1, 0.15) is 0 Å². The van der Waals surface area contributed by atoms with Crippen LogP contribution in [0, 0.1) is 11.8 Å². The summed E-state index contributed by atoms with van der Waals surface area (Å²) >= 11 is 2.15. The highest BCUT2D eigenvalue weighted by atomic mass is 32.2. The Morgan fingerprint density at radius 3 is 2.75 bits per heavy atom. The lowest BCUT2D eigenvalue weighted by molar-refractivity contribution is 0.117. The van der Waals surface area contributed by atoms with Gasteiger partial charge in [-0.15, -0.1) is 0 Å². The zero-order valence-corrected chi connectivity index (χ0v) is 14.7. The van der Waals surface area contributed by atoms with Crippen molar-refractivity contribution in [3.63, 3.8) is 0 Å². The molecule has 0 spiro atoms. The van der Waals surface area contributed by atoms with Gasteiger partial charge in [0.05, 0.1) is 0 Å². The summed E-state index contributed by atoms with van der Waals surface area (Å²) in [5.41, 5.74) is 0. The zero-order valence-electron chi connectivity index (χ0n) is 13.9. The summed E-state index contributed by atoms with van der Waals surface area (Å²) in [7, 11) is 2.16. The minimum Gasteiger partial charge on any atom is -0.317 e. The van der Waals surface area contributed by atoms with E-state index in [0.717, 1.165) is 29.2 Å². The van der Waals surface area contributed by atoms with Gasteiger partial charge in [-0.25, -0.2) is 0 Å². The highest BCUT2D eigenvalue weighted by Gasteiger charge is 2.33. The Morgan fingerprint density at radius 1 is 1.25 bits per heavy atom. The summed E-state index contributed by atoms with van der Waals surface area (Å²) in [6.07, 6.45) is 7.07. The molecule has 2 nitrogen and oxygen atoms in total. The third kappa shape index (κ3) is 4.14. The van der Waals surface area contributed by atoms with E-state index in [2.05, 4.69) is 49.8 Å². The molecule has 0 aromatic rings. The van der Waals surface area contributed by atoms with Gasteiger partial charge in [0.15, 0.2) is 0 Å². The maximum atomic E-state index is 3.60. The van der Waals surface area contributed by atoms with Crippen LogP contribution in [0.5, 0.6) is 0 Å². The molecule has 0 radical (unpaired) electrons. The highest BCUT2D eigenvalue weighted by molar-refractivity contribution is 8.00. The predicted molar refractivity (Wildman–Crippen MR) is 91.5 cm³/mol. The van der Waals surface area contributed by atoms with Crippen molar-refractivity contribution in [2.45, 2.75) is 70.2 Å². The molecule has 0 aromatic heterocycles. The summed E-state index contributed by atoms with van der Waals surface area (Å²) in [4.78, 5) is 2.77. The van der Waals surface area contributed by atoms with Crippen molar-refractivity contribution in [3.8, 4) is 0 Å². The first-order valence-corrected chi connectivity index (χ1v) is 9.73. The first-order valence-electron chi connectivity index (χ1n) is 8.68. The van der Waals surface area contributed by atoms with Gasteiger partial charge in [0.25, 0.3) is 0 Å². The topological polar surface area (TPSA) is 15.3 Å². The highest BCUT2D eigenvalue weighted by Crippen LogP contribution is 2.34. The van der Waals surface area contributed by atoms with E-state index in [-0.39, 0.29) is 0 Å². The third-order valence-electron chi connectivity index (χ3n) is 5.64. The van der Waals surface area contributed by atoms with E-state index < -0.39 is 0 Å². The van der Waals surface area contributed by atoms with Gasteiger partial charge in [0, 0.05) is 36.2 Å². The molecule has 1 aliphatic heterocycles. The van der Waals surface area contributed by atoms with Crippen molar-refractivity contribution in [2.75, 3.05) is 25.9 Å². The monoisotopic (exact) mass is 298 g/mol. The normalized spacial score (nSPS) is 39.9. The standard InChI is InChI=1S/C17H34N2S/c1-5-6-15-7-8-17(18-4)16(11-15)12-19-9-10-20-14(3)13(19)2/h13-18H,5-12H2,1-4H3. The molecule has 1 N–H and O–H groups in total. The molecule has 2 rings (SSSR count). The SMILES string of the molecule is CCCC1CCC(NC)C(CN2CCSC(C)C2C)C1. The molecule has 118 valence electrons. The second-order valence-electron chi connectivity index (χ2n) is 6.93. The van der Waals surface area contributed by atoms with Crippen molar-refractivity contribution in [3.05, 3.63) is 0 Å². The van der Waals surface area contributed by atoms with Crippen LogP contribution in [0.3, 0.4) is 0 Å². The van der Waals surface area contributed by atoms with E-state index in [1.54, 1.807) is 0 Å². The summed E-state index contributed by atoms with van der Waals surface area (Å²) < 4.78 is 0. The van der Waals surface area contributed by atoms with Crippen LogP contribution in [0.2, 0.25) is 0 Å². The van der Waals surface area contributed by atoms with E-state index >= 15 is 0 Å². The molecule has 1 saturated carbocycles. The molecule has 3 heteroatoms. The Kier molecular flexibility index (Phi) is 6.70. The maximum absolute atomic E-state index is 3.60. The Morgan fingerprint density at radius 2 is 2.05 bits per heavy atom. The molecule has 20 heavy (non-hydrogen) atoms. The van der Waals surface area contributed by atoms with Gasteiger partial charge >= 0.3 is 0 Å². The van der Waals surface area contributed by atoms with Crippen LogP contribution < -0.4 is 5.32 Å². The molecule has 2 aliphatic rings. The van der Waals surface area contributed by atoms with Gasteiger partial charge in [0.2, 0.25) is 0 Å². The fraction of sp³-hybridized carbons (Fsp3) is 1.00. The lowest BCUT2D eigenvalue weighted by atomic mass is 9.76. The van der Waals surface area contributed by atoms with Crippen molar-refractivity contribution in [2.24, 2.45) is 11.8 Å². The molecule has 1 aliphatic carbocycles. The molecule has 5 atom stereocenters. The lowest BCUT2D eigenvalue weighted by Crippen LogP contribution is -2.51. The Labute approximate surface area is 130 Å². The largest absolute Gasteiger partial charge is 0.317 e. The number of rotatable bonds is 5. The van der Waals surface area contributed by atoms with Crippen molar-refractivity contribution < 1.29 is 0 Å². The first kappa shape index (κ1) is 16.6. The minimum atomic E-state index is 0.748. The second-order valence-corrected chi connectivity index (χ2v) is 8.42. The predicted octanol–water partition coefficient (Wildman–Crippen LogP) is 3.62. The van der Waals surface area contributed by atoms with Crippen LogP contribution in [0.25, 0.3) is 0 Å². The quantitative estimate of drug-likeness (QED) is 0.834. The van der Waals surface area contributed by atoms with Crippen LogP contribution in [-0.4, -0.2) is 48.1 Å². The fourth-order valence-electron chi connectivity index (χ4n) is 4.17. The second kappa shape index (κ2) is 8.05. The molecule has 1 saturated heterocycles. The smallest absolute Gasteiger partial charge is 0.0184 e. The van der Waals surface area contributed by atoms with E-state index in [1.165, 1.54) is 50.9 Å². The molecule has 2 fully saturated rings. The number of hydrogen-bond donors (Lipinski definition) is 1. The van der Waals surface area contributed by atoms with Gasteiger partial charge in [-0.1, -0.05) is 26.7 Å². The van der Waals surface area contributed by atoms with E-state index in [0.29, 0.717) is 0 Å². The number of nitrogens with zero attached hydrogens (tertiary/aromatic N) is 1. The van der Waals surface area contributed by atoms with Crippen molar-refractivity contribution in [1.29, 1.82) is 0 Å². The average molecular weight is 299 g/mol. The lowest BCUT2D eigenvalue weighted by Gasteiger charge is -2.43. The van der Waals surface area contributed by atoms with Crippen LogP contribution >= 0.6 is 11.8 Å². The molecule has 0 aromatic carbocycles. The molecule has 1 heterocycles. The Balaban J connectivity index is 1.93. The van der Waals surface area contributed by atoms with E-state index in [9.17, 15) is 0 Å². The average Bonchev–Trinajstić information content (AvgIpc) is 2.45. The zero-order chi connectivity index (χ0) is 14.5. The third-order valence-corrected chi connectivity index (χ3v) is 6.98. The van der Waals surface area contributed by atoms with Gasteiger partial charge in [-0.05, 0) is 45.1 Å². The van der Waals surface area contributed by atoms with Crippen LogP contribution in [0.1, 0.15) is 52.9 Å². The Bertz CT molecular complexity index is 284. The Hall–Kier alpha value is 0.270. The van der Waals surface area contributed by atoms with Gasteiger partial charge in [-0.3, -0.25) is 4.90 Å². The van der Waals surface area contributed by atoms with Crippen LogP contribution in [0.4, 0.5) is 0 Å². The van der Waals surface area contributed by atoms with Crippen LogP contribution in [0.15, 0.2) is 0 Å². The number of hydrogen-bond acceptors (Lipinski definition) is 3. The summed E-state index contributed by atoms with van der Waals surface area (Å²) in [5, 5.41) is 4.40.